The molecular weight excluding hydrogens is 415 g/mol. The van der Waals surface area contributed by atoms with Gasteiger partial charge in [-0.25, -0.2) is 0 Å². The number of ether oxygens (including phenoxy) is 2. The van der Waals surface area contributed by atoms with Crippen LogP contribution in [0.3, 0.4) is 0 Å². The van der Waals surface area contributed by atoms with Crippen LogP contribution in [-0.4, -0.2) is 50.3 Å². The molecule has 1 saturated heterocycles. The van der Waals surface area contributed by atoms with E-state index < -0.39 is 0 Å². The fraction of sp³-hybridized carbons (Fsp3) is 0.476. The number of unbranched alkanes of at least 4 members (excludes halogenated alkanes) is 1. The molecule has 2 aromatic rings. The van der Waals surface area contributed by atoms with Gasteiger partial charge < -0.3 is 19.2 Å². The van der Waals surface area contributed by atoms with Crippen LogP contribution < -0.4 is 10.1 Å². The summed E-state index contributed by atoms with van der Waals surface area (Å²) in [6, 6.07) is 6.87. The van der Waals surface area contributed by atoms with Crippen molar-refractivity contribution in [3.05, 3.63) is 51.9 Å². The number of morpholine rings is 1. The van der Waals surface area contributed by atoms with Crippen LogP contribution in [0.2, 0.25) is 10.0 Å². The Labute approximate surface area is 181 Å². The van der Waals surface area contributed by atoms with Crippen molar-refractivity contribution in [3.8, 4) is 5.75 Å². The number of halogens is 2. The standard InChI is InChI=1S/C21H26Cl2N2O4/c1-2-3-8-29-20-16(22)12-15(13-17(20)23)21(26)24-14-18(19-5-4-9-28-19)25-6-10-27-11-7-25/h4-5,9,12-13,18H,2-3,6-8,10-11,14H2,1H3,(H,24,26)/t18-/m1/s1. The van der Waals surface area contributed by atoms with Gasteiger partial charge in [0.2, 0.25) is 0 Å². The molecule has 0 unspecified atom stereocenters. The van der Waals surface area contributed by atoms with E-state index in [9.17, 15) is 4.79 Å². The van der Waals surface area contributed by atoms with E-state index in [0.29, 0.717) is 47.7 Å². The Kier molecular flexibility index (Phi) is 8.24. The first-order chi connectivity index (χ1) is 14.1. The minimum Gasteiger partial charge on any atom is -0.490 e. The summed E-state index contributed by atoms with van der Waals surface area (Å²) in [5, 5.41) is 3.63. The molecule has 2 heterocycles. The topological polar surface area (TPSA) is 63.9 Å². The molecule has 1 N–H and O–H groups in total. The largest absolute Gasteiger partial charge is 0.490 e. The predicted octanol–water partition coefficient (Wildman–Crippen LogP) is 4.57. The molecule has 3 rings (SSSR count). The third kappa shape index (κ3) is 5.89. The SMILES string of the molecule is CCCCOc1c(Cl)cc(C(=O)NC[C@H](c2ccco2)N2CCOCC2)cc1Cl. The number of nitrogens with zero attached hydrogens (tertiary/aromatic N) is 1. The van der Waals surface area contributed by atoms with Gasteiger partial charge in [-0.15, -0.1) is 0 Å². The zero-order valence-corrected chi connectivity index (χ0v) is 18.0. The molecule has 0 spiro atoms. The Morgan fingerprint density at radius 2 is 2.00 bits per heavy atom. The molecule has 0 saturated carbocycles. The highest BCUT2D eigenvalue weighted by Gasteiger charge is 2.25. The zero-order valence-electron chi connectivity index (χ0n) is 16.5. The molecule has 1 aliphatic heterocycles. The van der Waals surface area contributed by atoms with E-state index in [0.717, 1.165) is 31.7 Å². The lowest BCUT2D eigenvalue weighted by Crippen LogP contribution is -2.43. The Bertz CT molecular complexity index is 769. The first kappa shape index (κ1) is 22.0. The predicted molar refractivity (Wildman–Crippen MR) is 113 cm³/mol. The van der Waals surface area contributed by atoms with Gasteiger partial charge in [0.25, 0.3) is 5.91 Å². The molecule has 8 heteroatoms. The van der Waals surface area contributed by atoms with E-state index in [4.69, 9.17) is 37.1 Å². The molecule has 1 aromatic carbocycles. The smallest absolute Gasteiger partial charge is 0.251 e. The number of nitrogens with one attached hydrogen (secondary N) is 1. The molecule has 1 amide bonds. The number of rotatable bonds is 9. The van der Waals surface area contributed by atoms with Crippen molar-refractivity contribution < 1.29 is 18.7 Å². The van der Waals surface area contributed by atoms with Gasteiger partial charge in [-0.1, -0.05) is 36.5 Å². The molecule has 29 heavy (non-hydrogen) atoms. The van der Waals surface area contributed by atoms with E-state index in [1.54, 1.807) is 18.4 Å². The molecule has 1 aliphatic rings. The lowest BCUT2D eigenvalue weighted by molar-refractivity contribution is 0.0118. The van der Waals surface area contributed by atoms with Crippen LogP contribution in [0.5, 0.6) is 5.75 Å². The van der Waals surface area contributed by atoms with Crippen molar-refractivity contribution in [3.63, 3.8) is 0 Å². The van der Waals surface area contributed by atoms with Crippen LogP contribution in [0, 0.1) is 0 Å². The van der Waals surface area contributed by atoms with Crippen LogP contribution in [-0.2, 0) is 4.74 Å². The summed E-state index contributed by atoms with van der Waals surface area (Å²) in [6.07, 6.45) is 3.56. The number of carbonyl (C=O) groups excluding carboxylic acids is 1. The number of carbonyl (C=O) groups is 1. The van der Waals surface area contributed by atoms with Crippen molar-refractivity contribution in [2.45, 2.75) is 25.8 Å². The van der Waals surface area contributed by atoms with Gasteiger partial charge >= 0.3 is 0 Å². The van der Waals surface area contributed by atoms with Crippen molar-refractivity contribution in [1.29, 1.82) is 0 Å². The van der Waals surface area contributed by atoms with Crippen LogP contribution >= 0.6 is 23.2 Å². The second kappa shape index (κ2) is 10.9. The van der Waals surface area contributed by atoms with Gasteiger partial charge in [0, 0.05) is 25.2 Å². The Balaban J connectivity index is 1.66. The lowest BCUT2D eigenvalue weighted by atomic mass is 10.1. The summed E-state index contributed by atoms with van der Waals surface area (Å²) in [7, 11) is 0. The summed E-state index contributed by atoms with van der Waals surface area (Å²) in [5.74, 6) is 0.974. The minimum absolute atomic E-state index is 0.0690. The quantitative estimate of drug-likeness (QED) is 0.578. The van der Waals surface area contributed by atoms with Gasteiger partial charge in [0.05, 0.1) is 42.2 Å². The van der Waals surface area contributed by atoms with E-state index in [-0.39, 0.29) is 11.9 Å². The van der Waals surface area contributed by atoms with Crippen LogP contribution in [0.4, 0.5) is 0 Å². The van der Waals surface area contributed by atoms with E-state index in [1.807, 2.05) is 12.1 Å². The van der Waals surface area contributed by atoms with Gasteiger partial charge in [-0.3, -0.25) is 9.69 Å². The van der Waals surface area contributed by atoms with Crippen LogP contribution in [0.25, 0.3) is 0 Å². The molecule has 158 valence electrons. The van der Waals surface area contributed by atoms with Crippen molar-refractivity contribution in [2.24, 2.45) is 0 Å². The Morgan fingerprint density at radius 1 is 1.28 bits per heavy atom. The molecule has 0 bridgehead atoms. The molecular formula is C21H26Cl2N2O4. The normalized spacial score (nSPS) is 15.8. The Hall–Kier alpha value is -1.73. The number of hydrogen-bond acceptors (Lipinski definition) is 5. The number of furan rings is 1. The second-order valence-corrected chi connectivity index (χ2v) is 7.68. The van der Waals surface area contributed by atoms with Gasteiger partial charge in [-0.05, 0) is 30.7 Å². The van der Waals surface area contributed by atoms with Gasteiger partial charge in [0.1, 0.15) is 5.76 Å². The average Bonchev–Trinajstić information content (AvgIpc) is 3.25. The highest BCUT2D eigenvalue weighted by atomic mass is 35.5. The summed E-state index contributed by atoms with van der Waals surface area (Å²) >= 11 is 12.6. The molecule has 1 fully saturated rings. The summed E-state index contributed by atoms with van der Waals surface area (Å²) in [5.41, 5.74) is 0.392. The number of hydrogen-bond donors (Lipinski definition) is 1. The first-order valence-electron chi connectivity index (χ1n) is 9.85. The average molecular weight is 441 g/mol. The molecule has 1 atom stereocenters. The fourth-order valence-electron chi connectivity index (χ4n) is 3.22. The molecule has 0 radical (unpaired) electrons. The van der Waals surface area contributed by atoms with E-state index in [1.165, 1.54) is 0 Å². The number of benzene rings is 1. The summed E-state index contributed by atoms with van der Waals surface area (Å²) in [6.45, 7) is 5.90. The maximum atomic E-state index is 12.7. The summed E-state index contributed by atoms with van der Waals surface area (Å²) in [4.78, 5) is 15.0. The van der Waals surface area contributed by atoms with E-state index >= 15 is 0 Å². The highest BCUT2D eigenvalue weighted by molar-refractivity contribution is 6.37. The third-order valence-electron chi connectivity index (χ3n) is 4.82. The summed E-state index contributed by atoms with van der Waals surface area (Å²) < 4.78 is 16.7. The molecule has 6 nitrogen and oxygen atoms in total. The van der Waals surface area contributed by atoms with E-state index in [2.05, 4.69) is 17.1 Å². The minimum atomic E-state index is -0.251. The lowest BCUT2D eigenvalue weighted by Gasteiger charge is -2.33. The fourth-order valence-corrected chi connectivity index (χ4v) is 3.81. The zero-order chi connectivity index (χ0) is 20.6. The van der Waals surface area contributed by atoms with Gasteiger partial charge in [-0.2, -0.15) is 0 Å². The first-order valence-corrected chi connectivity index (χ1v) is 10.6. The monoisotopic (exact) mass is 440 g/mol. The van der Waals surface area contributed by atoms with Crippen molar-refractivity contribution in [2.75, 3.05) is 39.5 Å². The highest BCUT2D eigenvalue weighted by Crippen LogP contribution is 2.34. The van der Waals surface area contributed by atoms with Crippen LogP contribution in [0.15, 0.2) is 34.9 Å². The third-order valence-corrected chi connectivity index (χ3v) is 5.38. The van der Waals surface area contributed by atoms with Crippen molar-refractivity contribution >= 4 is 29.1 Å². The maximum Gasteiger partial charge on any atom is 0.251 e. The van der Waals surface area contributed by atoms with Gasteiger partial charge in [0.15, 0.2) is 5.75 Å². The van der Waals surface area contributed by atoms with Crippen molar-refractivity contribution in [1.82, 2.24) is 10.2 Å². The maximum absolute atomic E-state index is 12.7. The van der Waals surface area contributed by atoms with Crippen LogP contribution in [0.1, 0.15) is 41.9 Å². The Morgan fingerprint density at radius 3 is 2.62 bits per heavy atom. The number of amides is 1. The second-order valence-electron chi connectivity index (χ2n) is 6.86. The molecule has 0 aliphatic carbocycles. The molecule has 1 aromatic heterocycles.